The fourth-order valence-corrected chi connectivity index (χ4v) is 3.87. The van der Waals surface area contributed by atoms with E-state index in [-0.39, 0.29) is 11.4 Å². The summed E-state index contributed by atoms with van der Waals surface area (Å²) in [7, 11) is -3.59. The monoisotopic (exact) mass is 333 g/mol. The number of halogens is 1. The highest BCUT2D eigenvalue weighted by molar-refractivity contribution is 9.10. The predicted molar refractivity (Wildman–Crippen MR) is 68.0 cm³/mol. The Hall–Kier alpha value is -0.990. The minimum absolute atomic E-state index is 0.113. The molecule has 18 heavy (non-hydrogen) atoms. The highest BCUT2D eigenvalue weighted by Gasteiger charge is 2.35. The second-order valence-electron chi connectivity index (χ2n) is 4.09. The van der Waals surface area contributed by atoms with Crippen LogP contribution in [0.5, 0.6) is 0 Å². The Kier molecular flexibility index (Phi) is 3.69. The normalized spacial score (nSPS) is 21.1. The fraction of sp³-hybridized carbons (Fsp3) is 0.400. The lowest BCUT2D eigenvalue weighted by Crippen LogP contribution is -2.31. The average molecular weight is 334 g/mol. The number of primary amides is 1. The molecule has 0 radical (unpaired) electrons. The first-order valence-electron chi connectivity index (χ1n) is 5.31. The molecule has 1 unspecified atom stereocenters. The standard InChI is InChI=1S/C10H12BrN3O3S/c11-8-3-9(5-13-4-8)18(16,17)14-2-1-7(6-14)10(12)15/h3-5,7H,1-2,6H2,(H2,12,15). The van der Waals surface area contributed by atoms with E-state index in [1.807, 2.05) is 0 Å². The zero-order valence-electron chi connectivity index (χ0n) is 9.41. The van der Waals surface area contributed by atoms with Gasteiger partial charge in [-0.05, 0) is 28.4 Å². The molecule has 1 aliphatic rings. The maximum Gasteiger partial charge on any atom is 0.244 e. The smallest absolute Gasteiger partial charge is 0.244 e. The molecule has 1 atom stereocenters. The summed E-state index contributed by atoms with van der Waals surface area (Å²) >= 11 is 3.18. The van der Waals surface area contributed by atoms with Crippen LogP contribution in [-0.4, -0.2) is 36.7 Å². The van der Waals surface area contributed by atoms with Gasteiger partial charge in [-0.2, -0.15) is 4.31 Å². The molecule has 2 N–H and O–H groups in total. The molecule has 1 amide bonds. The summed E-state index contributed by atoms with van der Waals surface area (Å²) in [6.07, 6.45) is 3.27. The third-order valence-corrected chi connectivity index (χ3v) is 5.14. The van der Waals surface area contributed by atoms with Crippen molar-refractivity contribution in [2.45, 2.75) is 11.3 Å². The van der Waals surface area contributed by atoms with Crippen molar-refractivity contribution in [3.63, 3.8) is 0 Å². The highest BCUT2D eigenvalue weighted by atomic mass is 79.9. The molecule has 0 aromatic carbocycles. The van der Waals surface area contributed by atoms with Gasteiger partial charge in [0.2, 0.25) is 15.9 Å². The third-order valence-electron chi connectivity index (χ3n) is 2.87. The van der Waals surface area contributed by atoms with Crippen LogP contribution < -0.4 is 5.73 Å². The molecule has 1 aromatic heterocycles. The molecule has 0 bridgehead atoms. The van der Waals surface area contributed by atoms with Crippen molar-refractivity contribution in [2.24, 2.45) is 11.7 Å². The molecule has 6 nitrogen and oxygen atoms in total. The summed E-state index contributed by atoms with van der Waals surface area (Å²) in [5, 5.41) is 0. The van der Waals surface area contributed by atoms with Crippen LogP contribution in [0.1, 0.15) is 6.42 Å². The summed E-state index contributed by atoms with van der Waals surface area (Å²) in [6, 6.07) is 1.49. The molecule has 1 saturated heterocycles. The molecule has 2 rings (SSSR count). The number of hydrogen-bond donors (Lipinski definition) is 1. The van der Waals surface area contributed by atoms with Gasteiger partial charge in [-0.1, -0.05) is 0 Å². The van der Waals surface area contributed by atoms with Gasteiger partial charge in [0.25, 0.3) is 0 Å². The molecular formula is C10H12BrN3O3S. The van der Waals surface area contributed by atoms with Crippen molar-refractivity contribution < 1.29 is 13.2 Å². The molecule has 0 aliphatic carbocycles. The van der Waals surface area contributed by atoms with E-state index < -0.39 is 21.8 Å². The van der Waals surface area contributed by atoms with Crippen LogP contribution in [0.4, 0.5) is 0 Å². The van der Waals surface area contributed by atoms with Gasteiger partial charge in [0.1, 0.15) is 4.90 Å². The van der Waals surface area contributed by atoms with Gasteiger partial charge >= 0.3 is 0 Å². The van der Waals surface area contributed by atoms with Crippen LogP contribution in [0.3, 0.4) is 0 Å². The molecule has 1 aliphatic heterocycles. The van der Waals surface area contributed by atoms with Gasteiger partial charge in [-0.3, -0.25) is 9.78 Å². The SMILES string of the molecule is NC(=O)C1CCN(S(=O)(=O)c2cncc(Br)c2)C1. The van der Waals surface area contributed by atoms with Crippen LogP contribution >= 0.6 is 15.9 Å². The molecule has 1 aromatic rings. The van der Waals surface area contributed by atoms with Crippen molar-refractivity contribution in [1.29, 1.82) is 0 Å². The second kappa shape index (κ2) is 4.94. The first kappa shape index (κ1) is 13.4. The molecule has 98 valence electrons. The number of carbonyl (C=O) groups is 1. The van der Waals surface area contributed by atoms with Crippen molar-refractivity contribution in [3.8, 4) is 0 Å². The van der Waals surface area contributed by atoms with Crippen LogP contribution in [0.25, 0.3) is 0 Å². The largest absolute Gasteiger partial charge is 0.369 e. The summed E-state index contributed by atoms with van der Waals surface area (Å²) in [5.41, 5.74) is 5.19. The Bertz CT molecular complexity index is 575. The van der Waals surface area contributed by atoms with Crippen molar-refractivity contribution in [2.75, 3.05) is 13.1 Å². The van der Waals surface area contributed by atoms with E-state index >= 15 is 0 Å². The number of amides is 1. The van der Waals surface area contributed by atoms with E-state index in [2.05, 4.69) is 20.9 Å². The summed E-state index contributed by atoms with van der Waals surface area (Å²) in [5.74, 6) is -0.861. The number of pyridine rings is 1. The number of nitrogens with two attached hydrogens (primary N) is 1. The number of nitrogens with zero attached hydrogens (tertiary/aromatic N) is 2. The van der Waals surface area contributed by atoms with Crippen LogP contribution in [-0.2, 0) is 14.8 Å². The quantitative estimate of drug-likeness (QED) is 0.863. The minimum Gasteiger partial charge on any atom is -0.369 e. The Labute approximate surface area is 113 Å². The van der Waals surface area contributed by atoms with Gasteiger partial charge in [-0.15, -0.1) is 0 Å². The van der Waals surface area contributed by atoms with Crippen LogP contribution in [0, 0.1) is 5.92 Å². The minimum atomic E-state index is -3.59. The zero-order valence-corrected chi connectivity index (χ0v) is 11.8. The number of rotatable bonds is 3. The van der Waals surface area contributed by atoms with E-state index in [1.54, 1.807) is 0 Å². The number of aromatic nitrogens is 1. The maximum absolute atomic E-state index is 12.3. The Balaban J connectivity index is 2.25. The lowest BCUT2D eigenvalue weighted by Gasteiger charge is -2.15. The summed E-state index contributed by atoms with van der Waals surface area (Å²) < 4.78 is 26.4. The van der Waals surface area contributed by atoms with Crippen LogP contribution in [0.2, 0.25) is 0 Å². The van der Waals surface area contributed by atoms with Crippen LogP contribution in [0.15, 0.2) is 27.8 Å². The first-order valence-corrected chi connectivity index (χ1v) is 7.54. The van der Waals surface area contributed by atoms with E-state index in [9.17, 15) is 13.2 Å². The zero-order chi connectivity index (χ0) is 13.3. The highest BCUT2D eigenvalue weighted by Crippen LogP contribution is 2.25. The fourth-order valence-electron chi connectivity index (χ4n) is 1.86. The lowest BCUT2D eigenvalue weighted by molar-refractivity contribution is -0.121. The van der Waals surface area contributed by atoms with Crippen molar-refractivity contribution in [3.05, 3.63) is 22.9 Å². The summed E-state index contributed by atoms with van der Waals surface area (Å²) in [4.78, 5) is 15.0. The molecular weight excluding hydrogens is 322 g/mol. The van der Waals surface area contributed by atoms with E-state index in [0.717, 1.165) is 0 Å². The first-order chi connectivity index (χ1) is 8.41. The van der Waals surface area contributed by atoms with E-state index in [1.165, 1.54) is 22.8 Å². The van der Waals surface area contributed by atoms with Gasteiger partial charge in [0.05, 0.1) is 5.92 Å². The lowest BCUT2D eigenvalue weighted by atomic mass is 10.1. The number of hydrogen-bond acceptors (Lipinski definition) is 4. The van der Waals surface area contributed by atoms with Gasteiger partial charge < -0.3 is 5.73 Å². The molecule has 1 fully saturated rings. The van der Waals surface area contributed by atoms with Gasteiger partial charge in [-0.25, -0.2) is 8.42 Å². The van der Waals surface area contributed by atoms with Gasteiger partial charge in [0, 0.05) is 30.0 Å². The van der Waals surface area contributed by atoms with E-state index in [0.29, 0.717) is 17.4 Å². The molecule has 2 heterocycles. The Morgan fingerprint density at radius 1 is 1.50 bits per heavy atom. The second-order valence-corrected chi connectivity index (χ2v) is 6.94. The number of carbonyl (C=O) groups excluding carboxylic acids is 1. The number of sulfonamides is 1. The maximum atomic E-state index is 12.3. The summed E-state index contributed by atoms with van der Waals surface area (Å²) in [6.45, 7) is 0.451. The van der Waals surface area contributed by atoms with E-state index in [4.69, 9.17) is 5.73 Å². The Morgan fingerprint density at radius 2 is 2.22 bits per heavy atom. The van der Waals surface area contributed by atoms with Crippen molar-refractivity contribution >= 4 is 31.9 Å². The molecule has 0 saturated carbocycles. The topological polar surface area (TPSA) is 93.4 Å². The predicted octanol–water partition coefficient (Wildman–Crippen LogP) is 0.340. The molecule has 8 heteroatoms. The average Bonchev–Trinajstić information content (AvgIpc) is 2.79. The Morgan fingerprint density at radius 3 is 2.78 bits per heavy atom. The molecule has 0 spiro atoms. The third kappa shape index (κ3) is 2.55. The van der Waals surface area contributed by atoms with Crippen molar-refractivity contribution in [1.82, 2.24) is 9.29 Å². The van der Waals surface area contributed by atoms with Gasteiger partial charge in [0.15, 0.2) is 0 Å².